The molecule has 78 valence electrons. The van der Waals surface area contributed by atoms with Gasteiger partial charge < -0.3 is 10.4 Å². The van der Waals surface area contributed by atoms with Crippen molar-refractivity contribution < 1.29 is 9.90 Å². The lowest BCUT2D eigenvalue weighted by Gasteiger charge is -2.05. The second-order valence-electron chi connectivity index (χ2n) is 2.78. The number of anilines is 1. The third kappa shape index (κ3) is 3.19. The molecule has 0 atom stereocenters. The van der Waals surface area contributed by atoms with Gasteiger partial charge in [-0.15, -0.1) is 5.92 Å². The fourth-order valence-corrected chi connectivity index (χ4v) is 1.27. The molecule has 0 aliphatic carbocycles. The first-order valence-electron chi connectivity index (χ1n) is 4.31. The van der Waals surface area contributed by atoms with Gasteiger partial charge >= 0.3 is 5.97 Å². The molecule has 1 aromatic carbocycles. The number of nitrogens with one attached hydrogen (secondary N) is 1. The normalized spacial score (nSPS) is 8.93. The van der Waals surface area contributed by atoms with Gasteiger partial charge in [-0.3, -0.25) is 0 Å². The van der Waals surface area contributed by atoms with E-state index in [2.05, 4.69) is 17.2 Å². The van der Waals surface area contributed by atoms with Crippen molar-refractivity contribution in [2.45, 2.75) is 6.92 Å². The predicted octanol–water partition coefficient (Wildman–Crippen LogP) is 2.47. The van der Waals surface area contributed by atoms with Gasteiger partial charge in [-0.25, -0.2) is 4.79 Å². The Morgan fingerprint density at radius 2 is 2.33 bits per heavy atom. The van der Waals surface area contributed by atoms with E-state index >= 15 is 0 Å². The van der Waals surface area contributed by atoms with Crippen LogP contribution in [0.1, 0.15) is 17.3 Å². The molecule has 0 saturated heterocycles. The number of hydrogen-bond donors (Lipinski definition) is 2. The van der Waals surface area contributed by atoms with Crippen LogP contribution in [-0.4, -0.2) is 17.6 Å². The lowest BCUT2D eigenvalue weighted by molar-refractivity contribution is 0.0697. The summed E-state index contributed by atoms with van der Waals surface area (Å²) in [6, 6.07) is 4.53. The molecule has 0 aromatic heterocycles. The summed E-state index contributed by atoms with van der Waals surface area (Å²) in [5.41, 5.74) is 0.858. The first-order valence-corrected chi connectivity index (χ1v) is 4.69. The number of carboxylic acid groups (broad SMARTS) is 1. The van der Waals surface area contributed by atoms with Crippen LogP contribution in [0.25, 0.3) is 0 Å². The number of aromatic carboxylic acids is 1. The van der Waals surface area contributed by atoms with Crippen molar-refractivity contribution in [2.24, 2.45) is 0 Å². The van der Waals surface area contributed by atoms with E-state index in [4.69, 9.17) is 16.7 Å². The molecule has 1 rings (SSSR count). The second-order valence-corrected chi connectivity index (χ2v) is 3.19. The molecule has 0 unspecified atom stereocenters. The standard InChI is InChI=1S/C11H10ClNO2/c1-2-3-6-13-10-5-4-8(11(14)15)7-9(10)12/h4-5,7,13H,6H2,1H3,(H,14,15). The minimum absolute atomic E-state index is 0.173. The van der Waals surface area contributed by atoms with Gasteiger partial charge in [0.25, 0.3) is 0 Å². The zero-order valence-corrected chi connectivity index (χ0v) is 8.93. The summed E-state index contributed by atoms with van der Waals surface area (Å²) < 4.78 is 0. The number of benzene rings is 1. The van der Waals surface area contributed by atoms with Gasteiger partial charge in [-0.1, -0.05) is 17.5 Å². The SMILES string of the molecule is CC#CCNc1ccc(C(=O)O)cc1Cl. The Morgan fingerprint density at radius 3 is 2.87 bits per heavy atom. The van der Waals surface area contributed by atoms with Gasteiger partial charge in [0.1, 0.15) is 0 Å². The van der Waals surface area contributed by atoms with Crippen molar-refractivity contribution in [1.29, 1.82) is 0 Å². The van der Waals surface area contributed by atoms with Gasteiger partial charge in [-0.05, 0) is 25.1 Å². The van der Waals surface area contributed by atoms with Crippen LogP contribution in [0.3, 0.4) is 0 Å². The van der Waals surface area contributed by atoms with Crippen molar-refractivity contribution in [3.05, 3.63) is 28.8 Å². The van der Waals surface area contributed by atoms with Gasteiger partial charge in [0.05, 0.1) is 22.8 Å². The van der Waals surface area contributed by atoms with E-state index in [0.717, 1.165) is 0 Å². The van der Waals surface area contributed by atoms with Crippen LogP contribution in [0, 0.1) is 11.8 Å². The Hall–Kier alpha value is -1.66. The van der Waals surface area contributed by atoms with Crippen LogP contribution < -0.4 is 5.32 Å². The molecule has 0 heterocycles. The van der Waals surface area contributed by atoms with Crippen molar-refractivity contribution in [3.8, 4) is 11.8 Å². The largest absolute Gasteiger partial charge is 0.478 e. The van der Waals surface area contributed by atoms with Crippen LogP contribution in [0.15, 0.2) is 18.2 Å². The van der Waals surface area contributed by atoms with E-state index in [1.54, 1.807) is 13.0 Å². The van der Waals surface area contributed by atoms with E-state index in [9.17, 15) is 4.79 Å². The molecule has 15 heavy (non-hydrogen) atoms. The summed E-state index contributed by atoms with van der Waals surface area (Å²) >= 11 is 5.88. The molecule has 0 saturated carbocycles. The molecule has 0 aliphatic heterocycles. The van der Waals surface area contributed by atoms with Crippen molar-refractivity contribution >= 4 is 23.3 Å². The molecule has 3 nitrogen and oxygen atoms in total. The Morgan fingerprint density at radius 1 is 1.60 bits per heavy atom. The molecule has 0 fully saturated rings. The van der Waals surface area contributed by atoms with E-state index in [-0.39, 0.29) is 5.56 Å². The zero-order chi connectivity index (χ0) is 11.3. The van der Waals surface area contributed by atoms with Crippen LogP contribution >= 0.6 is 11.6 Å². The van der Waals surface area contributed by atoms with E-state index in [1.807, 2.05) is 0 Å². The molecule has 0 amide bonds. The number of rotatable bonds is 3. The summed E-state index contributed by atoms with van der Waals surface area (Å²) in [5, 5.41) is 12.1. The van der Waals surface area contributed by atoms with Crippen LogP contribution in [0.2, 0.25) is 5.02 Å². The minimum Gasteiger partial charge on any atom is -0.478 e. The molecule has 2 N–H and O–H groups in total. The molecule has 0 spiro atoms. The number of halogens is 1. The lowest BCUT2D eigenvalue weighted by Crippen LogP contribution is -2.01. The maximum Gasteiger partial charge on any atom is 0.335 e. The Bertz CT molecular complexity index is 432. The molecule has 1 aromatic rings. The quantitative estimate of drug-likeness (QED) is 0.774. The number of hydrogen-bond acceptors (Lipinski definition) is 2. The van der Waals surface area contributed by atoms with Gasteiger partial charge in [-0.2, -0.15) is 0 Å². The highest BCUT2D eigenvalue weighted by atomic mass is 35.5. The smallest absolute Gasteiger partial charge is 0.335 e. The third-order valence-electron chi connectivity index (χ3n) is 1.76. The fourth-order valence-electron chi connectivity index (χ4n) is 1.02. The summed E-state index contributed by atoms with van der Waals surface area (Å²) in [7, 11) is 0. The summed E-state index contributed by atoms with van der Waals surface area (Å²) in [6.45, 7) is 2.24. The van der Waals surface area contributed by atoms with Gasteiger partial charge in [0.15, 0.2) is 0 Å². The van der Waals surface area contributed by atoms with Crippen LogP contribution in [0.4, 0.5) is 5.69 Å². The Kier molecular flexibility index (Phi) is 4.02. The Balaban J connectivity index is 2.82. The summed E-state index contributed by atoms with van der Waals surface area (Å²) in [6.07, 6.45) is 0. The third-order valence-corrected chi connectivity index (χ3v) is 2.07. The van der Waals surface area contributed by atoms with Gasteiger partial charge in [0.2, 0.25) is 0 Å². The van der Waals surface area contributed by atoms with Crippen molar-refractivity contribution in [3.63, 3.8) is 0 Å². The maximum absolute atomic E-state index is 10.6. The predicted molar refractivity (Wildman–Crippen MR) is 60.4 cm³/mol. The molecular weight excluding hydrogens is 214 g/mol. The van der Waals surface area contributed by atoms with E-state index in [1.165, 1.54) is 12.1 Å². The first-order chi connectivity index (χ1) is 7.15. The highest BCUT2D eigenvalue weighted by molar-refractivity contribution is 6.33. The topological polar surface area (TPSA) is 49.3 Å². The molecule has 4 heteroatoms. The first kappa shape index (κ1) is 11.4. The molecule has 0 bridgehead atoms. The average molecular weight is 224 g/mol. The zero-order valence-electron chi connectivity index (χ0n) is 8.17. The minimum atomic E-state index is -0.989. The molecule has 0 radical (unpaired) electrons. The summed E-state index contributed by atoms with van der Waals surface area (Å²) in [4.78, 5) is 10.6. The van der Waals surface area contributed by atoms with Crippen LogP contribution in [0.5, 0.6) is 0 Å². The van der Waals surface area contributed by atoms with Crippen LogP contribution in [-0.2, 0) is 0 Å². The second kappa shape index (κ2) is 5.28. The Labute approximate surface area is 93.1 Å². The molecule has 0 aliphatic rings. The number of carbonyl (C=O) groups is 1. The number of carboxylic acids is 1. The maximum atomic E-state index is 10.6. The average Bonchev–Trinajstić information content (AvgIpc) is 2.20. The monoisotopic (exact) mass is 223 g/mol. The van der Waals surface area contributed by atoms with E-state index < -0.39 is 5.97 Å². The summed E-state index contributed by atoms with van der Waals surface area (Å²) in [5.74, 6) is 4.57. The van der Waals surface area contributed by atoms with E-state index in [0.29, 0.717) is 17.3 Å². The van der Waals surface area contributed by atoms with Gasteiger partial charge in [0, 0.05) is 0 Å². The van der Waals surface area contributed by atoms with Crippen molar-refractivity contribution in [1.82, 2.24) is 0 Å². The van der Waals surface area contributed by atoms with Crippen molar-refractivity contribution in [2.75, 3.05) is 11.9 Å². The fraction of sp³-hybridized carbons (Fsp3) is 0.182. The lowest BCUT2D eigenvalue weighted by atomic mass is 10.2. The highest BCUT2D eigenvalue weighted by Gasteiger charge is 2.05. The highest BCUT2D eigenvalue weighted by Crippen LogP contribution is 2.22. The molecular formula is C11H10ClNO2.